The number of hydrogen-bond acceptors (Lipinski definition) is 3. The number of aromatic carboxylic acids is 1. The molecule has 136 valence electrons. The number of fused-ring (bicyclic) bond motifs is 1. The van der Waals surface area contributed by atoms with Crippen molar-refractivity contribution in [2.75, 3.05) is 5.32 Å². The van der Waals surface area contributed by atoms with E-state index in [2.05, 4.69) is 24.4 Å². The van der Waals surface area contributed by atoms with Gasteiger partial charge in [0.05, 0.1) is 5.69 Å². The van der Waals surface area contributed by atoms with Crippen molar-refractivity contribution in [3.63, 3.8) is 0 Å². The number of amides is 1. The Morgan fingerprint density at radius 3 is 2.48 bits per heavy atom. The number of hydrogen-bond donors (Lipinski definition) is 2. The van der Waals surface area contributed by atoms with Crippen LogP contribution in [0.15, 0.2) is 54.6 Å². The van der Waals surface area contributed by atoms with Gasteiger partial charge >= 0.3 is 5.97 Å². The first-order chi connectivity index (χ1) is 13.1. The Morgan fingerprint density at radius 2 is 1.85 bits per heavy atom. The minimum Gasteiger partial charge on any atom is -0.477 e. The second-order valence-corrected chi connectivity index (χ2v) is 7.67. The van der Waals surface area contributed by atoms with E-state index in [1.807, 2.05) is 42.5 Å². The van der Waals surface area contributed by atoms with Gasteiger partial charge in [-0.15, -0.1) is 11.3 Å². The van der Waals surface area contributed by atoms with Crippen LogP contribution in [0.25, 0.3) is 11.1 Å². The average Bonchev–Trinajstić information content (AvgIpc) is 3.07. The number of aryl methyl sites for hydroxylation is 1. The van der Waals surface area contributed by atoms with Gasteiger partial charge in [0.15, 0.2) is 0 Å². The second kappa shape index (κ2) is 7.00. The second-order valence-electron chi connectivity index (χ2n) is 6.62. The summed E-state index contributed by atoms with van der Waals surface area (Å²) in [6, 6.07) is 17.6. The summed E-state index contributed by atoms with van der Waals surface area (Å²) in [5.74, 6) is -1.18. The summed E-state index contributed by atoms with van der Waals surface area (Å²) in [6.45, 7) is 2.10. The molecule has 5 heteroatoms. The van der Waals surface area contributed by atoms with Crippen LogP contribution in [-0.4, -0.2) is 17.0 Å². The van der Waals surface area contributed by atoms with Crippen LogP contribution < -0.4 is 5.32 Å². The maximum atomic E-state index is 12.4. The van der Waals surface area contributed by atoms with Crippen molar-refractivity contribution in [1.29, 1.82) is 0 Å². The van der Waals surface area contributed by atoms with Crippen LogP contribution in [0.4, 0.5) is 5.69 Å². The molecule has 0 fully saturated rings. The number of rotatable bonds is 4. The molecule has 4 nitrogen and oxygen atoms in total. The zero-order valence-corrected chi connectivity index (χ0v) is 15.7. The zero-order valence-electron chi connectivity index (χ0n) is 14.9. The molecule has 27 heavy (non-hydrogen) atoms. The normalized spacial score (nSPS) is 15.9. The Morgan fingerprint density at radius 1 is 1.15 bits per heavy atom. The average molecular weight is 377 g/mol. The molecule has 2 heterocycles. The molecule has 0 saturated heterocycles. The third-order valence-electron chi connectivity index (χ3n) is 4.95. The van der Waals surface area contributed by atoms with Gasteiger partial charge in [0.1, 0.15) is 4.88 Å². The SMILES string of the molecule is CCc1ccc([C@@H]2CC(=O)Nc3c2sc(C(=O)O)c3-c2ccccc2)cc1. The zero-order chi connectivity index (χ0) is 19.0. The van der Waals surface area contributed by atoms with Crippen LogP contribution in [0.2, 0.25) is 0 Å². The van der Waals surface area contributed by atoms with E-state index in [-0.39, 0.29) is 16.7 Å². The van der Waals surface area contributed by atoms with Gasteiger partial charge in [0.2, 0.25) is 5.91 Å². The molecule has 4 rings (SSSR count). The molecule has 0 spiro atoms. The number of carbonyl (C=O) groups is 2. The molecule has 1 atom stereocenters. The van der Waals surface area contributed by atoms with E-state index in [0.29, 0.717) is 17.7 Å². The lowest BCUT2D eigenvalue weighted by Crippen LogP contribution is -2.22. The molecular formula is C22H19NO3S. The van der Waals surface area contributed by atoms with Crippen LogP contribution >= 0.6 is 11.3 Å². The van der Waals surface area contributed by atoms with Crippen molar-refractivity contribution in [2.24, 2.45) is 0 Å². The van der Waals surface area contributed by atoms with Crippen LogP contribution in [-0.2, 0) is 11.2 Å². The highest BCUT2D eigenvalue weighted by molar-refractivity contribution is 7.15. The topological polar surface area (TPSA) is 66.4 Å². The molecule has 3 aromatic rings. The molecule has 2 aromatic carbocycles. The van der Waals surface area contributed by atoms with Crippen LogP contribution in [0.1, 0.15) is 44.9 Å². The number of nitrogens with one attached hydrogen (secondary N) is 1. The number of carboxylic acids is 1. The molecule has 0 aliphatic carbocycles. The van der Waals surface area contributed by atoms with Gasteiger partial charge in [-0.2, -0.15) is 0 Å². The number of benzene rings is 2. The monoisotopic (exact) mass is 377 g/mol. The predicted octanol–water partition coefficient (Wildman–Crippen LogP) is 5.15. The quantitative estimate of drug-likeness (QED) is 0.661. The Labute approximate surface area is 161 Å². The highest BCUT2D eigenvalue weighted by Gasteiger charge is 2.34. The molecule has 1 aliphatic heterocycles. The molecule has 0 radical (unpaired) electrons. The number of thiophene rings is 1. The van der Waals surface area contributed by atoms with Crippen molar-refractivity contribution < 1.29 is 14.7 Å². The first-order valence-corrected chi connectivity index (χ1v) is 9.74. The van der Waals surface area contributed by atoms with Crippen LogP contribution in [0.5, 0.6) is 0 Å². The molecule has 1 amide bonds. The Hall–Kier alpha value is -2.92. The lowest BCUT2D eigenvalue weighted by atomic mass is 9.88. The molecular weight excluding hydrogens is 358 g/mol. The number of carbonyl (C=O) groups excluding carboxylic acids is 1. The van der Waals surface area contributed by atoms with E-state index in [9.17, 15) is 14.7 Å². The summed E-state index contributed by atoms with van der Waals surface area (Å²) < 4.78 is 0. The van der Waals surface area contributed by atoms with E-state index >= 15 is 0 Å². The highest BCUT2D eigenvalue weighted by Crippen LogP contribution is 2.49. The number of carboxylic acid groups (broad SMARTS) is 1. The predicted molar refractivity (Wildman–Crippen MR) is 108 cm³/mol. The summed E-state index contributed by atoms with van der Waals surface area (Å²) in [5.41, 5.74) is 4.33. The smallest absolute Gasteiger partial charge is 0.346 e. The first kappa shape index (κ1) is 17.5. The van der Waals surface area contributed by atoms with Crippen molar-refractivity contribution in [3.8, 4) is 11.1 Å². The van der Waals surface area contributed by atoms with Crippen molar-refractivity contribution in [2.45, 2.75) is 25.7 Å². The summed E-state index contributed by atoms with van der Waals surface area (Å²) >= 11 is 1.27. The molecule has 0 unspecified atom stereocenters. The summed E-state index contributed by atoms with van der Waals surface area (Å²) in [4.78, 5) is 25.5. The van der Waals surface area contributed by atoms with E-state index in [1.165, 1.54) is 16.9 Å². The standard InChI is InChI=1S/C22H19NO3S/c1-2-13-8-10-14(11-9-13)16-12-17(24)23-19-18(15-6-4-3-5-7-15)21(22(25)26)27-20(16)19/h3-11,16H,2,12H2,1H3,(H,23,24)(H,25,26)/t16-/m0/s1. The van der Waals surface area contributed by atoms with Gasteiger partial charge in [0.25, 0.3) is 0 Å². The van der Waals surface area contributed by atoms with Gasteiger partial charge in [-0.05, 0) is 23.1 Å². The third kappa shape index (κ3) is 3.15. The van der Waals surface area contributed by atoms with E-state index < -0.39 is 5.97 Å². The van der Waals surface area contributed by atoms with Crippen molar-refractivity contribution in [1.82, 2.24) is 0 Å². The third-order valence-corrected chi connectivity index (χ3v) is 6.24. The van der Waals surface area contributed by atoms with Gasteiger partial charge in [-0.1, -0.05) is 61.5 Å². The maximum Gasteiger partial charge on any atom is 0.346 e. The summed E-state index contributed by atoms with van der Waals surface area (Å²) in [6.07, 6.45) is 1.28. The van der Waals surface area contributed by atoms with Gasteiger partial charge in [-0.3, -0.25) is 4.79 Å². The summed E-state index contributed by atoms with van der Waals surface area (Å²) in [7, 11) is 0. The Kier molecular flexibility index (Phi) is 4.54. The van der Waals surface area contributed by atoms with E-state index in [1.54, 1.807) is 0 Å². The Bertz CT molecular complexity index is 1010. The lowest BCUT2D eigenvalue weighted by molar-refractivity contribution is -0.116. The molecule has 0 bridgehead atoms. The van der Waals surface area contributed by atoms with E-state index in [4.69, 9.17) is 0 Å². The minimum atomic E-state index is -0.970. The molecule has 2 N–H and O–H groups in total. The fourth-order valence-corrected chi connectivity index (χ4v) is 4.82. The lowest BCUT2D eigenvalue weighted by Gasteiger charge is -2.24. The summed E-state index contributed by atoms with van der Waals surface area (Å²) in [5, 5.41) is 12.7. The van der Waals surface area contributed by atoms with Crippen LogP contribution in [0.3, 0.4) is 0 Å². The molecule has 0 saturated carbocycles. The van der Waals surface area contributed by atoms with Crippen LogP contribution in [0, 0.1) is 0 Å². The largest absolute Gasteiger partial charge is 0.477 e. The van der Waals surface area contributed by atoms with Gasteiger partial charge < -0.3 is 10.4 Å². The fourth-order valence-electron chi connectivity index (χ4n) is 3.57. The Balaban J connectivity index is 1.89. The number of anilines is 1. The molecule has 1 aliphatic rings. The highest BCUT2D eigenvalue weighted by atomic mass is 32.1. The minimum absolute atomic E-state index is 0.0843. The van der Waals surface area contributed by atoms with Gasteiger partial charge in [0, 0.05) is 22.8 Å². The first-order valence-electron chi connectivity index (χ1n) is 8.92. The maximum absolute atomic E-state index is 12.4. The van der Waals surface area contributed by atoms with Gasteiger partial charge in [-0.25, -0.2) is 4.79 Å². The van der Waals surface area contributed by atoms with Crippen molar-refractivity contribution in [3.05, 3.63) is 75.5 Å². The fraction of sp³-hybridized carbons (Fsp3) is 0.182. The van der Waals surface area contributed by atoms with E-state index in [0.717, 1.165) is 22.4 Å². The van der Waals surface area contributed by atoms with Crippen molar-refractivity contribution >= 4 is 28.9 Å². The molecule has 1 aromatic heterocycles.